The van der Waals surface area contributed by atoms with Crippen LogP contribution in [0.3, 0.4) is 0 Å². The van der Waals surface area contributed by atoms with Gasteiger partial charge < -0.3 is 4.74 Å². The number of carbonyl (C=O) groups is 1. The molecule has 0 N–H and O–H groups in total. The molecular formula is C18H21NO4S. The van der Waals surface area contributed by atoms with Gasteiger partial charge in [0, 0.05) is 13.6 Å². The zero-order valence-corrected chi connectivity index (χ0v) is 15.1. The summed E-state index contributed by atoms with van der Waals surface area (Å²) < 4.78 is 31.5. The van der Waals surface area contributed by atoms with Gasteiger partial charge in [0.05, 0.1) is 17.6 Å². The molecule has 2 rings (SSSR count). The third-order valence-electron chi connectivity index (χ3n) is 3.81. The predicted molar refractivity (Wildman–Crippen MR) is 92.4 cm³/mol. The highest BCUT2D eigenvalue weighted by Crippen LogP contribution is 2.21. The van der Waals surface area contributed by atoms with Crippen LogP contribution < -0.4 is 0 Å². The zero-order valence-electron chi connectivity index (χ0n) is 14.2. The molecule has 0 heterocycles. The molecule has 0 aliphatic rings. The minimum absolute atomic E-state index is 0.0728. The molecule has 6 heteroatoms. The molecule has 2 aromatic rings. The summed E-state index contributed by atoms with van der Waals surface area (Å²) in [5, 5.41) is 0. The maximum absolute atomic E-state index is 12.8. The minimum atomic E-state index is -3.71. The van der Waals surface area contributed by atoms with E-state index < -0.39 is 16.0 Å². The number of nitrogens with zero attached hydrogens (tertiary/aromatic N) is 1. The quantitative estimate of drug-likeness (QED) is 0.780. The first-order valence-corrected chi connectivity index (χ1v) is 8.90. The lowest BCUT2D eigenvalue weighted by atomic mass is 10.1. The number of hydrogen-bond acceptors (Lipinski definition) is 4. The molecule has 0 aliphatic heterocycles. The number of benzene rings is 2. The molecule has 5 nitrogen and oxygen atoms in total. The van der Waals surface area contributed by atoms with E-state index in [-0.39, 0.29) is 17.0 Å². The average Bonchev–Trinajstić information content (AvgIpc) is 2.54. The van der Waals surface area contributed by atoms with Crippen LogP contribution in [-0.4, -0.2) is 32.8 Å². The molecule has 0 radical (unpaired) electrons. The van der Waals surface area contributed by atoms with Crippen molar-refractivity contribution in [3.8, 4) is 0 Å². The van der Waals surface area contributed by atoms with E-state index in [1.165, 1.54) is 30.6 Å². The third-order valence-corrected chi connectivity index (χ3v) is 5.61. The fourth-order valence-electron chi connectivity index (χ4n) is 2.42. The van der Waals surface area contributed by atoms with Gasteiger partial charge in [0.1, 0.15) is 0 Å². The Hall–Kier alpha value is -2.18. The first-order chi connectivity index (χ1) is 11.3. The van der Waals surface area contributed by atoms with Crippen molar-refractivity contribution in [1.29, 1.82) is 0 Å². The molecule has 0 atom stereocenters. The maximum Gasteiger partial charge on any atom is 0.338 e. The van der Waals surface area contributed by atoms with Crippen molar-refractivity contribution in [3.05, 3.63) is 64.7 Å². The van der Waals surface area contributed by atoms with E-state index >= 15 is 0 Å². The second kappa shape index (κ2) is 7.15. The summed E-state index contributed by atoms with van der Waals surface area (Å²) in [7, 11) is -0.912. The van der Waals surface area contributed by atoms with Crippen molar-refractivity contribution >= 4 is 16.0 Å². The molecule has 0 amide bonds. The van der Waals surface area contributed by atoms with Gasteiger partial charge in [-0.3, -0.25) is 0 Å². The monoisotopic (exact) mass is 347 g/mol. The molecule has 0 fully saturated rings. The molecule has 0 saturated carbocycles. The number of hydrogen-bond donors (Lipinski definition) is 0. The van der Waals surface area contributed by atoms with Crippen LogP contribution in [0.5, 0.6) is 0 Å². The second-order valence-corrected chi connectivity index (χ2v) is 7.76. The number of methoxy groups -OCH3 is 1. The van der Waals surface area contributed by atoms with E-state index in [0.29, 0.717) is 5.56 Å². The molecular weight excluding hydrogens is 326 g/mol. The number of aryl methyl sites for hydroxylation is 2. The molecule has 2 aromatic carbocycles. The highest BCUT2D eigenvalue weighted by molar-refractivity contribution is 7.89. The summed E-state index contributed by atoms with van der Waals surface area (Å²) in [4.78, 5) is 11.9. The molecule has 0 aromatic heterocycles. The van der Waals surface area contributed by atoms with Crippen LogP contribution in [0.15, 0.2) is 47.4 Å². The highest BCUT2D eigenvalue weighted by atomic mass is 32.2. The highest BCUT2D eigenvalue weighted by Gasteiger charge is 2.23. The van der Waals surface area contributed by atoms with Crippen LogP contribution in [0.25, 0.3) is 0 Å². The average molecular weight is 347 g/mol. The fraction of sp³-hybridized carbons (Fsp3) is 0.278. The van der Waals surface area contributed by atoms with E-state index in [9.17, 15) is 13.2 Å². The molecule has 0 spiro atoms. The van der Waals surface area contributed by atoms with Crippen molar-refractivity contribution in [2.24, 2.45) is 0 Å². The molecule has 0 aliphatic carbocycles. The van der Waals surface area contributed by atoms with E-state index in [4.69, 9.17) is 4.74 Å². The Balaban J connectivity index is 2.34. The number of ether oxygens (including phenoxy) is 1. The zero-order chi connectivity index (χ0) is 17.9. The van der Waals surface area contributed by atoms with Gasteiger partial charge in [-0.05, 0) is 37.1 Å². The SMILES string of the molecule is COC(=O)c1cc(S(=O)(=O)N(C)Cc2cccc(C)c2)ccc1C. The lowest BCUT2D eigenvalue weighted by Gasteiger charge is -2.18. The van der Waals surface area contributed by atoms with Crippen LogP contribution in [0.4, 0.5) is 0 Å². The lowest BCUT2D eigenvalue weighted by molar-refractivity contribution is 0.0599. The molecule has 0 bridgehead atoms. The van der Waals surface area contributed by atoms with Crippen LogP contribution >= 0.6 is 0 Å². The van der Waals surface area contributed by atoms with Gasteiger partial charge in [-0.15, -0.1) is 0 Å². The summed E-state index contributed by atoms with van der Waals surface area (Å²) in [6.07, 6.45) is 0. The molecule has 0 saturated heterocycles. The van der Waals surface area contributed by atoms with Crippen molar-refractivity contribution in [3.63, 3.8) is 0 Å². The van der Waals surface area contributed by atoms with Gasteiger partial charge in [0.25, 0.3) is 0 Å². The topological polar surface area (TPSA) is 63.7 Å². The Kier molecular flexibility index (Phi) is 5.41. The van der Waals surface area contributed by atoms with Gasteiger partial charge in [-0.1, -0.05) is 35.9 Å². The van der Waals surface area contributed by atoms with Gasteiger partial charge in [0.15, 0.2) is 0 Å². The number of sulfonamides is 1. The van der Waals surface area contributed by atoms with Gasteiger partial charge in [0.2, 0.25) is 10.0 Å². The van der Waals surface area contributed by atoms with Crippen molar-refractivity contribution in [2.45, 2.75) is 25.3 Å². The van der Waals surface area contributed by atoms with Crippen LogP contribution in [0, 0.1) is 13.8 Å². The maximum atomic E-state index is 12.8. The first-order valence-electron chi connectivity index (χ1n) is 7.46. The Morgan fingerprint density at radius 2 is 1.83 bits per heavy atom. The Bertz CT molecular complexity index is 859. The van der Waals surface area contributed by atoms with Crippen molar-refractivity contribution in [1.82, 2.24) is 4.31 Å². The summed E-state index contributed by atoms with van der Waals surface area (Å²) in [5.74, 6) is -0.550. The second-order valence-electron chi connectivity index (χ2n) is 5.72. The Morgan fingerprint density at radius 1 is 1.12 bits per heavy atom. The Labute approximate surface area is 142 Å². The molecule has 24 heavy (non-hydrogen) atoms. The summed E-state index contributed by atoms with van der Waals surface area (Å²) >= 11 is 0. The smallest absolute Gasteiger partial charge is 0.338 e. The number of rotatable bonds is 5. The van der Waals surface area contributed by atoms with Crippen LogP contribution in [0.1, 0.15) is 27.0 Å². The largest absolute Gasteiger partial charge is 0.465 e. The third kappa shape index (κ3) is 3.83. The van der Waals surface area contributed by atoms with E-state index in [1.54, 1.807) is 13.0 Å². The summed E-state index contributed by atoms with van der Waals surface area (Å²) in [6.45, 7) is 3.95. The van der Waals surface area contributed by atoms with E-state index in [1.807, 2.05) is 31.2 Å². The van der Waals surface area contributed by atoms with Gasteiger partial charge >= 0.3 is 5.97 Å². The van der Waals surface area contributed by atoms with Crippen LogP contribution in [0.2, 0.25) is 0 Å². The predicted octanol–water partition coefficient (Wildman–Crippen LogP) is 2.91. The van der Waals surface area contributed by atoms with Crippen molar-refractivity contribution < 1.29 is 17.9 Å². The van der Waals surface area contributed by atoms with Gasteiger partial charge in [-0.25, -0.2) is 13.2 Å². The standard InChI is InChI=1S/C18H21NO4S/c1-13-6-5-7-15(10-13)12-19(3)24(21,22)16-9-8-14(2)17(11-16)18(20)23-4/h5-11H,12H2,1-4H3. The summed E-state index contributed by atoms with van der Waals surface area (Å²) in [6, 6.07) is 12.2. The minimum Gasteiger partial charge on any atom is -0.465 e. The molecule has 0 unspecified atom stereocenters. The number of carbonyl (C=O) groups excluding carboxylic acids is 1. The van der Waals surface area contributed by atoms with E-state index in [0.717, 1.165) is 11.1 Å². The summed E-state index contributed by atoms with van der Waals surface area (Å²) in [5.41, 5.74) is 2.90. The number of esters is 1. The van der Waals surface area contributed by atoms with Crippen molar-refractivity contribution in [2.75, 3.05) is 14.2 Å². The lowest BCUT2D eigenvalue weighted by Crippen LogP contribution is -2.26. The normalized spacial score (nSPS) is 11.5. The molecule has 128 valence electrons. The van der Waals surface area contributed by atoms with Gasteiger partial charge in [-0.2, -0.15) is 4.31 Å². The van der Waals surface area contributed by atoms with Crippen LogP contribution in [-0.2, 0) is 21.3 Å². The Morgan fingerprint density at radius 3 is 2.46 bits per heavy atom. The van der Waals surface area contributed by atoms with E-state index in [2.05, 4.69) is 0 Å². The fourth-order valence-corrected chi connectivity index (χ4v) is 3.61. The first kappa shape index (κ1) is 18.2.